The van der Waals surface area contributed by atoms with Crippen molar-refractivity contribution in [2.45, 2.75) is 44.6 Å². The zero-order valence-electron chi connectivity index (χ0n) is 11.0. The summed E-state index contributed by atoms with van der Waals surface area (Å²) in [6.45, 7) is 4.10. The number of fused-ring (bicyclic) bond motifs is 1. The largest absolute Gasteiger partial charge is 0.396 e. The molecule has 0 heterocycles. The molecule has 2 nitrogen and oxygen atoms in total. The molecule has 1 aliphatic carbocycles. The Morgan fingerprint density at radius 1 is 1.44 bits per heavy atom. The topological polar surface area (TPSA) is 40.5 Å². The van der Waals surface area contributed by atoms with Crippen LogP contribution in [-0.4, -0.2) is 22.4 Å². The second-order valence-electron chi connectivity index (χ2n) is 5.64. The molecule has 0 fully saturated rings. The summed E-state index contributed by atoms with van der Waals surface area (Å²) < 4.78 is 13.3. The first-order valence-corrected chi connectivity index (χ1v) is 6.59. The maximum Gasteiger partial charge on any atom is 0.123 e. The van der Waals surface area contributed by atoms with E-state index in [2.05, 4.69) is 13.8 Å². The first-order valence-electron chi connectivity index (χ1n) is 6.59. The number of aliphatic hydroxyl groups excluding tert-OH is 1. The van der Waals surface area contributed by atoms with Gasteiger partial charge in [-0.05, 0) is 48.4 Å². The number of aliphatic hydroxyl groups is 2. The van der Waals surface area contributed by atoms with Gasteiger partial charge in [-0.1, -0.05) is 19.9 Å². The molecule has 2 rings (SSSR count). The molecule has 0 amide bonds. The molecule has 18 heavy (non-hydrogen) atoms. The highest BCUT2D eigenvalue weighted by Crippen LogP contribution is 2.45. The molecule has 1 aliphatic rings. The Morgan fingerprint density at radius 3 is 2.78 bits per heavy atom. The zero-order chi connectivity index (χ0) is 13.3. The number of hydrogen-bond acceptors (Lipinski definition) is 2. The smallest absolute Gasteiger partial charge is 0.123 e. The average molecular weight is 252 g/mol. The van der Waals surface area contributed by atoms with Crippen molar-refractivity contribution in [2.75, 3.05) is 6.61 Å². The molecular formula is C15H21FO2. The molecule has 1 aromatic rings. The minimum atomic E-state index is -0.867. The maximum absolute atomic E-state index is 13.3. The van der Waals surface area contributed by atoms with Crippen molar-refractivity contribution in [1.29, 1.82) is 0 Å². The van der Waals surface area contributed by atoms with E-state index < -0.39 is 5.60 Å². The lowest BCUT2D eigenvalue weighted by molar-refractivity contribution is -0.0355. The monoisotopic (exact) mass is 252 g/mol. The maximum atomic E-state index is 13.3. The number of halogens is 1. The van der Waals surface area contributed by atoms with Crippen LogP contribution >= 0.6 is 0 Å². The Bertz CT molecular complexity index is 431. The van der Waals surface area contributed by atoms with Gasteiger partial charge in [0.2, 0.25) is 0 Å². The van der Waals surface area contributed by atoms with Crippen LogP contribution in [0.4, 0.5) is 4.39 Å². The minimum absolute atomic E-state index is 0.0176. The SMILES string of the molecule is CC(C)[C@H]1c2ccc(F)cc2CC[C@]1(O)CCO. The lowest BCUT2D eigenvalue weighted by Gasteiger charge is -2.43. The molecule has 0 aromatic heterocycles. The highest BCUT2D eigenvalue weighted by molar-refractivity contribution is 5.36. The molecule has 0 spiro atoms. The van der Waals surface area contributed by atoms with Gasteiger partial charge in [0, 0.05) is 12.5 Å². The van der Waals surface area contributed by atoms with Crippen molar-refractivity contribution < 1.29 is 14.6 Å². The quantitative estimate of drug-likeness (QED) is 0.868. The van der Waals surface area contributed by atoms with Gasteiger partial charge in [0.1, 0.15) is 5.82 Å². The Balaban J connectivity index is 2.45. The van der Waals surface area contributed by atoms with E-state index in [0.29, 0.717) is 19.3 Å². The van der Waals surface area contributed by atoms with Gasteiger partial charge in [0.15, 0.2) is 0 Å². The summed E-state index contributed by atoms with van der Waals surface area (Å²) in [7, 11) is 0. The fourth-order valence-corrected chi connectivity index (χ4v) is 3.34. The molecule has 0 unspecified atom stereocenters. The molecule has 2 atom stereocenters. The molecule has 100 valence electrons. The lowest BCUT2D eigenvalue weighted by atomic mass is 9.66. The van der Waals surface area contributed by atoms with E-state index in [0.717, 1.165) is 11.1 Å². The average Bonchev–Trinajstić information content (AvgIpc) is 2.29. The van der Waals surface area contributed by atoms with Crippen LogP contribution in [0.15, 0.2) is 18.2 Å². The van der Waals surface area contributed by atoms with Crippen LogP contribution in [0.2, 0.25) is 0 Å². The molecule has 3 heteroatoms. The molecular weight excluding hydrogens is 231 g/mol. The molecule has 0 saturated heterocycles. The van der Waals surface area contributed by atoms with E-state index in [-0.39, 0.29) is 24.3 Å². The van der Waals surface area contributed by atoms with Gasteiger partial charge in [-0.25, -0.2) is 4.39 Å². The van der Waals surface area contributed by atoms with Crippen LogP contribution in [0.1, 0.15) is 43.7 Å². The molecule has 0 aliphatic heterocycles. The minimum Gasteiger partial charge on any atom is -0.396 e. The second kappa shape index (κ2) is 4.98. The van der Waals surface area contributed by atoms with Crippen molar-refractivity contribution in [3.8, 4) is 0 Å². The standard InChI is InChI=1S/C15H21FO2/c1-10(2)14-13-4-3-12(16)9-11(13)5-6-15(14,18)7-8-17/h3-4,9-10,14,17-18H,5-8H2,1-2H3/t14-,15-/m0/s1. The van der Waals surface area contributed by atoms with Crippen LogP contribution in [0.5, 0.6) is 0 Å². The van der Waals surface area contributed by atoms with E-state index in [1.54, 1.807) is 12.1 Å². The molecule has 1 aromatic carbocycles. The molecule has 0 radical (unpaired) electrons. The van der Waals surface area contributed by atoms with Crippen LogP contribution in [0.25, 0.3) is 0 Å². The normalized spacial score (nSPS) is 27.3. The summed E-state index contributed by atoms with van der Waals surface area (Å²) in [6.07, 6.45) is 1.65. The summed E-state index contributed by atoms with van der Waals surface area (Å²) >= 11 is 0. The summed E-state index contributed by atoms with van der Waals surface area (Å²) in [5, 5.41) is 19.9. The van der Waals surface area contributed by atoms with Gasteiger partial charge < -0.3 is 10.2 Å². The predicted molar refractivity (Wildman–Crippen MR) is 69.0 cm³/mol. The first kappa shape index (κ1) is 13.5. The summed E-state index contributed by atoms with van der Waals surface area (Å²) in [5.74, 6) is 0.00363. The summed E-state index contributed by atoms with van der Waals surface area (Å²) in [5.41, 5.74) is 1.17. The third-order valence-corrected chi connectivity index (χ3v) is 4.06. The molecule has 0 saturated carbocycles. The Hall–Kier alpha value is -0.930. The first-order chi connectivity index (χ1) is 8.48. The van der Waals surface area contributed by atoms with Gasteiger partial charge in [0.05, 0.1) is 5.60 Å². The number of benzene rings is 1. The van der Waals surface area contributed by atoms with E-state index in [4.69, 9.17) is 5.11 Å². The van der Waals surface area contributed by atoms with Gasteiger partial charge in [-0.2, -0.15) is 0 Å². The van der Waals surface area contributed by atoms with Crippen molar-refractivity contribution in [3.05, 3.63) is 35.1 Å². The van der Waals surface area contributed by atoms with E-state index in [1.807, 2.05) is 0 Å². The molecule has 0 bridgehead atoms. The highest BCUT2D eigenvalue weighted by Gasteiger charge is 2.42. The number of rotatable bonds is 3. The molecule has 2 N–H and O–H groups in total. The van der Waals surface area contributed by atoms with Crippen molar-refractivity contribution >= 4 is 0 Å². The fraction of sp³-hybridized carbons (Fsp3) is 0.600. The van der Waals surface area contributed by atoms with Gasteiger partial charge in [-0.15, -0.1) is 0 Å². The van der Waals surface area contributed by atoms with Gasteiger partial charge in [-0.3, -0.25) is 0 Å². The Labute approximate surface area is 107 Å². The van der Waals surface area contributed by atoms with E-state index in [9.17, 15) is 9.50 Å². The van der Waals surface area contributed by atoms with E-state index in [1.165, 1.54) is 6.07 Å². The van der Waals surface area contributed by atoms with Gasteiger partial charge in [0.25, 0.3) is 0 Å². The summed E-state index contributed by atoms with van der Waals surface area (Å²) in [6, 6.07) is 4.82. The number of hydrogen-bond donors (Lipinski definition) is 2. The third kappa shape index (κ3) is 2.29. The summed E-state index contributed by atoms with van der Waals surface area (Å²) in [4.78, 5) is 0. The Morgan fingerprint density at radius 2 is 2.17 bits per heavy atom. The zero-order valence-corrected chi connectivity index (χ0v) is 11.0. The second-order valence-corrected chi connectivity index (χ2v) is 5.64. The van der Waals surface area contributed by atoms with Crippen LogP contribution in [0.3, 0.4) is 0 Å². The van der Waals surface area contributed by atoms with Crippen LogP contribution in [-0.2, 0) is 6.42 Å². The van der Waals surface area contributed by atoms with Gasteiger partial charge >= 0.3 is 0 Å². The third-order valence-electron chi connectivity index (χ3n) is 4.06. The fourth-order valence-electron chi connectivity index (χ4n) is 3.34. The van der Waals surface area contributed by atoms with Crippen LogP contribution in [0, 0.1) is 11.7 Å². The number of aryl methyl sites for hydroxylation is 1. The van der Waals surface area contributed by atoms with E-state index >= 15 is 0 Å². The van der Waals surface area contributed by atoms with Crippen molar-refractivity contribution in [3.63, 3.8) is 0 Å². The Kier molecular flexibility index (Phi) is 3.74. The van der Waals surface area contributed by atoms with Crippen molar-refractivity contribution in [1.82, 2.24) is 0 Å². The lowest BCUT2D eigenvalue weighted by Crippen LogP contribution is -2.43. The van der Waals surface area contributed by atoms with Crippen LogP contribution < -0.4 is 0 Å². The highest BCUT2D eigenvalue weighted by atomic mass is 19.1. The predicted octanol–water partition coefficient (Wildman–Crippen LogP) is 2.63. The van der Waals surface area contributed by atoms with Crippen molar-refractivity contribution in [2.24, 2.45) is 5.92 Å².